The van der Waals surface area contributed by atoms with Gasteiger partial charge in [0.05, 0.1) is 0 Å². The van der Waals surface area contributed by atoms with Crippen LogP contribution in [0.1, 0.15) is 54.7 Å². The summed E-state index contributed by atoms with van der Waals surface area (Å²) in [7, 11) is 0. The number of ether oxygens (including phenoxy) is 1. The lowest BCUT2D eigenvalue weighted by Crippen LogP contribution is -2.53. The fourth-order valence-electron chi connectivity index (χ4n) is 5.74. The smallest absolute Gasteiger partial charge is 0.274 e. The van der Waals surface area contributed by atoms with Crippen LogP contribution < -0.4 is 20.0 Å². The molecule has 2 aliphatic heterocycles. The van der Waals surface area contributed by atoms with E-state index in [1.165, 1.54) is 5.01 Å². The molecule has 7 heteroatoms. The molecule has 3 aromatic carbocycles. The van der Waals surface area contributed by atoms with Gasteiger partial charge in [0.1, 0.15) is 17.0 Å². The number of hydrazine groups is 1. The Morgan fingerprint density at radius 3 is 1.83 bits per heavy atom. The molecule has 0 radical (unpaired) electrons. The van der Waals surface area contributed by atoms with Crippen molar-refractivity contribution in [2.45, 2.75) is 33.2 Å². The first-order valence-electron chi connectivity index (χ1n) is 12.7. The van der Waals surface area contributed by atoms with Crippen molar-refractivity contribution in [2.24, 2.45) is 0 Å². The van der Waals surface area contributed by atoms with E-state index in [1.54, 1.807) is 0 Å². The molecule has 0 bridgehead atoms. The number of fused-ring (bicyclic) bond motifs is 6. The second-order valence-electron chi connectivity index (χ2n) is 8.95. The average Bonchev–Trinajstić information content (AvgIpc) is 3.14. The minimum Gasteiger partial charge on any atom is -0.456 e. The van der Waals surface area contributed by atoms with E-state index in [2.05, 4.69) is 55.1 Å². The predicted molar refractivity (Wildman–Crippen MR) is 142 cm³/mol. The molecular formula is C29H32N4O3. The SMILES string of the molecule is CCN(CC)c1ccc2c(c1)Oc1cc(N(CC)CC)ccc1C21c2ccccc2C(=O)N1NC=O. The van der Waals surface area contributed by atoms with Crippen molar-refractivity contribution in [2.75, 3.05) is 36.0 Å². The standard InChI is InChI=1S/C29H32N4O3/c1-5-31(6-2)20-13-15-24-26(17-20)36-27-18-21(32(7-3)8-4)14-16-25(27)29(24)23-12-10-9-11-22(23)28(35)33(29)30-19-34/h9-19H,5-8H2,1-4H3,(H,30,34). The average molecular weight is 485 g/mol. The van der Waals surface area contributed by atoms with Gasteiger partial charge in [-0.2, -0.15) is 0 Å². The summed E-state index contributed by atoms with van der Waals surface area (Å²) in [5.41, 5.74) is 6.78. The molecule has 2 amide bonds. The Balaban J connectivity index is 1.83. The Morgan fingerprint density at radius 2 is 1.33 bits per heavy atom. The third kappa shape index (κ3) is 3.26. The molecule has 0 atom stereocenters. The van der Waals surface area contributed by atoms with Gasteiger partial charge in [-0.05, 0) is 45.9 Å². The Morgan fingerprint density at radius 1 is 0.806 bits per heavy atom. The molecule has 0 fully saturated rings. The number of nitrogens with zero attached hydrogens (tertiary/aromatic N) is 3. The zero-order valence-corrected chi connectivity index (χ0v) is 21.2. The fourth-order valence-corrected chi connectivity index (χ4v) is 5.74. The summed E-state index contributed by atoms with van der Waals surface area (Å²) in [4.78, 5) is 30.0. The molecule has 0 saturated carbocycles. The lowest BCUT2D eigenvalue weighted by atomic mass is 9.75. The first-order valence-corrected chi connectivity index (χ1v) is 12.7. The molecule has 1 spiro atoms. The van der Waals surface area contributed by atoms with Crippen LogP contribution in [0.4, 0.5) is 11.4 Å². The summed E-state index contributed by atoms with van der Waals surface area (Å²) in [6, 6.07) is 19.8. The highest BCUT2D eigenvalue weighted by molar-refractivity contribution is 6.02. The van der Waals surface area contributed by atoms with Gasteiger partial charge < -0.3 is 14.5 Å². The Hall–Kier alpha value is -4.00. The quantitative estimate of drug-likeness (QED) is 0.461. The van der Waals surface area contributed by atoms with Gasteiger partial charge in [-0.3, -0.25) is 15.0 Å². The van der Waals surface area contributed by atoms with Gasteiger partial charge in [0.15, 0.2) is 0 Å². The highest BCUT2D eigenvalue weighted by atomic mass is 16.5. The molecular weight excluding hydrogens is 452 g/mol. The second-order valence-corrected chi connectivity index (χ2v) is 8.95. The molecule has 0 aromatic heterocycles. The normalized spacial score (nSPS) is 14.6. The first kappa shape index (κ1) is 23.7. The number of amides is 2. The topological polar surface area (TPSA) is 65.1 Å². The third-order valence-corrected chi connectivity index (χ3v) is 7.45. The zero-order valence-electron chi connectivity index (χ0n) is 21.2. The number of hydrogen-bond donors (Lipinski definition) is 1. The van der Waals surface area contributed by atoms with E-state index >= 15 is 0 Å². The van der Waals surface area contributed by atoms with Gasteiger partial charge in [0.2, 0.25) is 6.41 Å². The van der Waals surface area contributed by atoms with Crippen LogP contribution in [0.3, 0.4) is 0 Å². The van der Waals surface area contributed by atoms with E-state index < -0.39 is 5.54 Å². The summed E-state index contributed by atoms with van der Waals surface area (Å²) >= 11 is 0. The van der Waals surface area contributed by atoms with Gasteiger partial charge in [-0.1, -0.05) is 30.3 Å². The van der Waals surface area contributed by atoms with Crippen LogP contribution in [0.25, 0.3) is 0 Å². The first-order chi connectivity index (χ1) is 17.5. The highest BCUT2D eigenvalue weighted by Crippen LogP contribution is 2.57. The number of carbonyl (C=O) groups is 2. The summed E-state index contributed by atoms with van der Waals surface area (Å²) in [6.45, 7) is 12.0. The van der Waals surface area contributed by atoms with Crippen LogP contribution in [0, 0.1) is 0 Å². The molecule has 0 unspecified atom stereocenters. The summed E-state index contributed by atoms with van der Waals surface area (Å²) in [5, 5.41) is 1.46. The molecule has 0 saturated heterocycles. The van der Waals surface area contributed by atoms with Crippen LogP contribution >= 0.6 is 0 Å². The molecule has 7 nitrogen and oxygen atoms in total. The van der Waals surface area contributed by atoms with E-state index in [0.717, 1.165) is 54.2 Å². The number of hydrogen-bond acceptors (Lipinski definition) is 5. The summed E-state index contributed by atoms with van der Waals surface area (Å²) < 4.78 is 6.59. The minimum atomic E-state index is -1.05. The number of benzene rings is 3. The Kier molecular flexibility index (Phi) is 6.08. The van der Waals surface area contributed by atoms with Gasteiger partial charge >= 0.3 is 0 Å². The number of nitrogens with one attached hydrogen (secondary N) is 1. The van der Waals surface area contributed by atoms with Crippen molar-refractivity contribution < 1.29 is 14.3 Å². The van der Waals surface area contributed by atoms with Crippen LogP contribution in [-0.4, -0.2) is 43.5 Å². The maximum Gasteiger partial charge on any atom is 0.274 e. The molecule has 2 heterocycles. The number of carbonyl (C=O) groups excluding carboxylic acids is 2. The van der Waals surface area contributed by atoms with Crippen molar-refractivity contribution in [1.29, 1.82) is 0 Å². The predicted octanol–water partition coefficient (Wildman–Crippen LogP) is 4.89. The van der Waals surface area contributed by atoms with Crippen molar-refractivity contribution in [3.63, 3.8) is 0 Å². The summed E-state index contributed by atoms with van der Waals surface area (Å²) in [6.07, 6.45) is 0.564. The lowest BCUT2D eigenvalue weighted by molar-refractivity contribution is -0.114. The molecule has 0 aliphatic carbocycles. The molecule has 186 valence electrons. The zero-order chi connectivity index (χ0) is 25.4. The second kappa shape index (κ2) is 9.22. The molecule has 2 aliphatic rings. The summed E-state index contributed by atoms with van der Waals surface area (Å²) in [5.74, 6) is 1.09. The van der Waals surface area contributed by atoms with E-state index in [9.17, 15) is 9.59 Å². The molecule has 36 heavy (non-hydrogen) atoms. The molecule has 5 rings (SSSR count). The van der Waals surface area contributed by atoms with Crippen molar-refractivity contribution >= 4 is 23.7 Å². The van der Waals surface area contributed by atoms with E-state index in [-0.39, 0.29) is 5.91 Å². The van der Waals surface area contributed by atoms with Gasteiger partial charge in [0, 0.05) is 71.9 Å². The van der Waals surface area contributed by atoms with Crippen LogP contribution in [0.15, 0.2) is 60.7 Å². The van der Waals surface area contributed by atoms with Crippen LogP contribution in [0.5, 0.6) is 11.5 Å². The third-order valence-electron chi connectivity index (χ3n) is 7.45. The van der Waals surface area contributed by atoms with Crippen molar-refractivity contribution in [3.8, 4) is 11.5 Å². The van der Waals surface area contributed by atoms with Gasteiger partial charge in [-0.25, -0.2) is 5.01 Å². The largest absolute Gasteiger partial charge is 0.456 e. The van der Waals surface area contributed by atoms with E-state index in [1.807, 2.05) is 48.5 Å². The number of anilines is 2. The van der Waals surface area contributed by atoms with E-state index in [0.29, 0.717) is 23.5 Å². The van der Waals surface area contributed by atoms with Crippen molar-refractivity contribution in [1.82, 2.24) is 10.4 Å². The molecule has 3 aromatic rings. The number of rotatable bonds is 8. The van der Waals surface area contributed by atoms with Gasteiger partial charge in [0.25, 0.3) is 5.91 Å². The maximum atomic E-state index is 13.7. The minimum absolute atomic E-state index is 0.253. The lowest BCUT2D eigenvalue weighted by Gasteiger charge is -2.43. The monoisotopic (exact) mass is 484 g/mol. The fraction of sp³-hybridized carbons (Fsp3) is 0.310. The van der Waals surface area contributed by atoms with Crippen LogP contribution in [-0.2, 0) is 10.3 Å². The van der Waals surface area contributed by atoms with Gasteiger partial charge in [-0.15, -0.1) is 0 Å². The molecule has 1 N–H and O–H groups in total. The van der Waals surface area contributed by atoms with E-state index in [4.69, 9.17) is 4.74 Å². The maximum absolute atomic E-state index is 13.7. The van der Waals surface area contributed by atoms with Crippen molar-refractivity contribution in [3.05, 3.63) is 82.9 Å². The Labute approximate surface area is 212 Å². The highest BCUT2D eigenvalue weighted by Gasteiger charge is 2.57. The Bertz CT molecular complexity index is 1250. The van der Waals surface area contributed by atoms with Crippen LogP contribution in [0.2, 0.25) is 0 Å².